The Morgan fingerprint density at radius 3 is 2.76 bits per heavy atom. The van der Waals surface area contributed by atoms with Crippen molar-refractivity contribution < 1.29 is 13.2 Å². The number of ether oxygens (including phenoxy) is 1. The van der Waals surface area contributed by atoms with Crippen LogP contribution in [0.2, 0.25) is 0 Å². The maximum atomic E-state index is 11.0. The summed E-state index contributed by atoms with van der Waals surface area (Å²) in [5, 5.41) is 3.49. The van der Waals surface area contributed by atoms with Gasteiger partial charge in [0.15, 0.2) is 0 Å². The molecular weight excluding hydrogens is 240 g/mol. The van der Waals surface area contributed by atoms with Crippen LogP contribution in [0, 0.1) is 5.92 Å². The fourth-order valence-corrected chi connectivity index (χ4v) is 2.83. The summed E-state index contributed by atoms with van der Waals surface area (Å²) in [5.41, 5.74) is 0. The van der Waals surface area contributed by atoms with Crippen LogP contribution in [0.1, 0.15) is 25.7 Å². The summed E-state index contributed by atoms with van der Waals surface area (Å²) >= 11 is 0. The lowest BCUT2D eigenvalue weighted by atomic mass is 10.0. The predicted molar refractivity (Wildman–Crippen MR) is 68.5 cm³/mol. The van der Waals surface area contributed by atoms with Crippen molar-refractivity contribution in [1.82, 2.24) is 10.0 Å². The van der Waals surface area contributed by atoms with Crippen LogP contribution in [0.4, 0.5) is 0 Å². The molecule has 6 heteroatoms. The van der Waals surface area contributed by atoms with Gasteiger partial charge in [-0.15, -0.1) is 0 Å². The average molecular weight is 264 g/mol. The first-order valence-corrected chi connectivity index (χ1v) is 8.09. The largest absolute Gasteiger partial charge is 0.385 e. The highest BCUT2D eigenvalue weighted by Gasteiger charge is 2.26. The van der Waals surface area contributed by atoms with Crippen molar-refractivity contribution in [2.45, 2.75) is 31.7 Å². The number of hydrogen-bond acceptors (Lipinski definition) is 4. The molecule has 17 heavy (non-hydrogen) atoms. The summed E-state index contributed by atoms with van der Waals surface area (Å²) in [6, 6.07) is 0.445. The zero-order valence-electron chi connectivity index (χ0n) is 10.7. The highest BCUT2D eigenvalue weighted by molar-refractivity contribution is 7.88. The molecule has 1 aliphatic carbocycles. The average Bonchev–Trinajstić information content (AvgIpc) is 2.68. The minimum Gasteiger partial charge on any atom is -0.385 e. The van der Waals surface area contributed by atoms with E-state index in [0.29, 0.717) is 18.5 Å². The van der Waals surface area contributed by atoms with E-state index < -0.39 is 10.0 Å². The van der Waals surface area contributed by atoms with Crippen LogP contribution < -0.4 is 10.0 Å². The first-order chi connectivity index (χ1) is 8.03. The van der Waals surface area contributed by atoms with Gasteiger partial charge in [-0.25, -0.2) is 13.1 Å². The van der Waals surface area contributed by atoms with Gasteiger partial charge in [0.1, 0.15) is 0 Å². The zero-order chi connectivity index (χ0) is 12.7. The monoisotopic (exact) mass is 264 g/mol. The zero-order valence-corrected chi connectivity index (χ0v) is 11.6. The summed E-state index contributed by atoms with van der Waals surface area (Å²) < 4.78 is 29.7. The van der Waals surface area contributed by atoms with Crippen LogP contribution in [0.15, 0.2) is 0 Å². The topological polar surface area (TPSA) is 67.4 Å². The minimum atomic E-state index is -3.06. The molecule has 1 rings (SSSR count). The fraction of sp³-hybridized carbons (Fsp3) is 1.00. The van der Waals surface area contributed by atoms with E-state index in [0.717, 1.165) is 32.4 Å². The highest BCUT2D eigenvalue weighted by atomic mass is 32.2. The molecular formula is C11H24N2O3S. The molecule has 0 unspecified atom stereocenters. The van der Waals surface area contributed by atoms with E-state index >= 15 is 0 Å². The Morgan fingerprint density at radius 2 is 2.12 bits per heavy atom. The van der Waals surface area contributed by atoms with Gasteiger partial charge in [0.05, 0.1) is 6.26 Å². The molecule has 0 radical (unpaired) electrons. The third-order valence-electron chi connectivity index (χ3n) is 3.20. The third kappa shape index (κ3) is 6.35. The minimum absolute atomic E-state index is 0.423. The van der Waals surface area contributed by atoms with E-state index in [9.17, 15) is 8.42 Å². The van der Waals surface area contributed by atoms with E-state index in [4.69, 9.17) is 4.74 Å². The fourth-order valence-electron chi connectivity index (χ4n) is 2.31. The molecule has 1 fully saturated rings. The van der Waals surface area contributed by atoms with Gasteiger partial charge in [0.25, 0.3) is 0 Å². The van der Waals surface area contributed by atoms with Gasteiger partial charge in [0, 0.05) is 26.3 Å². The molecule has 0 saturated heterocycles. The molecule has 0 aliphatic heterocycles. The van der Waals surface area contributed by atoms with Gasteiger partial charge in [-0.05, 0) is 31.7 Å². The second-order valence-electron chi connectivity index (χ2n) is 4.72. The van der Waals surface area contributed by atoms with Gasteiger partial charge in [-0.1, -0.05) is 6.42 Å². The SMILES string of the molecule is COCCCN[C@H]1CCC[C@H]1CNS(C)(=O)=O. The number of hydrogen-bond donors (Lipinski definition) is 2. The first kappa shape index (κ1) is 14.9. The van der Waals surface area contributed by atoms with Crippen LogP contribution in [-0.2, 0) is 14.8 Å². The molecule has 0 spiro atoms. The van der Waals surface area contributed by atoms with Crippen molar-refractivity contribution in [1.29, 1.82) is 0 Å². The van der Waals surface area contributed by atoms with Gasteiger partial charge in [-0.2, -0.15) is 0 Å². The van der Waals surface area contributed by atoms with Crippen molar-refractivity contribution in [2.75, 3.05) is 33.1 Å². The summed E-state index contributed by atoms with van der Waals surface area (Å²) in [6.45, 7) is 2.26. The van der Waals surface area contributed by atoms with Crippen LogP contribution in [-0.4, -0.2) is 47.5 Å². The second kappa shape index (κ2) is 7.31. The smallest absolute Gasteiger partial charge is 0.208 e. The predicted octanol–water partition coefficient (Wildman–Crippen LogP) is 0.330. The Balaban J connectivity index is 2.24. The van der Waals surface area contributed by atoms with Crippen molar-refractivity contribution >= 4 is 10.0 Å². The molecule has 0 heterocycles. The van der Waals surface area contributed by atoms with Gasteiger partial charge < -0.3 is 10.1 Å². The van der Waals surface area contributed by atoms with Crippen LogP contribution in [0.5, 0.6) is 0 Å². The van der Waals surface area contributed by atoms with Crippen LogP contribution in [0.25, 0.3) is 0 Å². The van der Waals surface area contributed by atoms with E-state index in [1.807, 2.05) is 0 Å². The van der Waals surface area contributed by atoms with Crippen molar-refractivity contribution in [3.63, 3.8) is 0 Å². The number of rotatable bonds is 8. The Kier molecular flexibility index (Phi) is 6.40. The van der Waals surface area contributed by atoms with Crippen molar-refractivity contribution in [2.24, 2.45) is 5.92 Å². The standard InChI is InChI=1S/C11H24N2O3S/c1-16-8-4-7-12-11-6-3-5-10(11)9-13-17(2,14)15/h10-13H,3-9H2,1-2H3/t10-,11-/m0/s1. The molecule has 0 aromatic rings. The second-order valence-corrected chi connectivity index (χ2v) is 6.55. The summed E-state index contributed by atoms with van der Waals surface area (Å²) in [5.74, 6) is 0.423. The van der Waals surface area contributed by atoms with E-state index in [-0.39, 0.29) is 0 Å². The lowest BCUT2D eigenvalue weighted by Gasteiger charge is -2.21. The molecule has 102 valence electrons. The maximum Gasteiger partial charge on any atom is 0.208 e. The Bertz CT molecular complexity index is 306. The lowest BCUT2D eigenvalue weighted by Crippen LogP contribution is -2.39. The van der Waals surface area contributed by atoms with Crippen LogP contribution in [0.3, 0.4) is 0 Å². The molecule has 0 aromatic heterocycles. The maximum absolute atomic E-state index is 11.0. The molecule has 2 atom stereocenters. The van der Waals surface area contributed by atoms with E-state index in [1.54, 1.807) is 7.11 Å². The molecule has 5 nitrogen and oxygen atoms in total. The Morgan fingerprint density at radius 1 is 1.35 bits per heavy atom. The van der Waals surface area contributed by atoms with Gasteiger partial charge in [0.2, 0.25) is 10.0 Å². The van der Waals surface area contributed by atoms with Gasteiger partial charge in [-0.3, -0.25) is 0 Å². The van der Waals surface area contributed by atoms with Crippen LogP contribution >= 0.6 is 0 Å². The quantitative estimate of drug-likeness (QED) is 0.620. The summed E-state index contributed by atoms with van der Waals surface area (Å²) in [6.07, 6.45) is 5.63. The van der Waals surface area contributed by atoms with Crippen molar-refractivity contribution in [3.05, 3.63) is 0 Å². The molecule has 1 aliphatic rings. The lowest BCUT2D eigenvalue weighted by molar-refractivity contribution is 0.192. The number of nitrogens with one attached hydrogen (secondary N) is 2. The molecule has 0 bridgehead atoms. The number of methoxy groups -OCH3 is 1. The Hall–Kier alpha value is -0.170. The molecule has 1 saturated carbocycles. The molecule has 0 aromatic carbocycles. The number of sulfonamides is 1. The summed E-state index contributed by atoms with van der Waals surface area (Å²) in [4.78, 5) is 0. The van der Waals surface area contributed by atoms with E-state index in [2.05, 4.69) is 10.0 Å². The summed E-state index contributed by atoms with van der Waals surface area (Å²) in [7, 11) is -1.36. The normalized spacial score (nSPS) is 25.3. The van der Waals surface area contributed by atoms with E-state index in [1.165, 1.54) is 12.7 Å². The molecule has 0 amide bonds. The highest BCUT2D eigenvalue weighted by Crippen LogP contribution is 2.25. The first-order valence-electron chi connectivity index (χ1n) is 6.20. The Labute approximate surface area is 104 Å². The third-order valence-corrected chi connectivity index (χ3v) is 3.89. The van der Waals surface area contributed by atoms with Gasteiger partial charge >= 0.3 is 0 Å². The van der Waals surface area contributed by atoms with Crippen molar-refractivity contribution in [3.8, 4) is 0 Å². The molecule has 2 N–H and O–H groups in total.